The SMILES string of the molecule is NC(=O)NC(=O)CCN1C[C@H](c2ccccc2)O[C@@H](c2ccc(F)cc2)C1. The van der Waals surface area contributed by atoms with E-state index in [0.29, 0.717) is 19.6 Å². The number of carbonyl (C=O) groups is 2. The number of primary amides is 1. The van der Waals surface area contributed by atoms with Crippen LogP contribution in [-0.4, -0.2) is 36.5 Å². The van der Waals surface area contributed by atoms with Gasteiger partial charge in [-0.25, -0.2) is 9.18 Å². The van der Waals surface area contributed by atoms with Gasteiger partial charge >= 0.3 is 6.03 Å². The summed E-state index contributed by atoms with van der Waals surface area (Å²) in [7, 11) is 0. The van der Waals surface area contributed by atoms with Crippen LogP contribution in [0.1, 0.15) is 29.8 Å². The number of morpholine rings is 1. The molecule has 6 nitrogen and oxygen atoms in total. The lowest BCUT2D eigenvalue weighted by atomic mass is 10.0. The average Bonchev–Trinajstić information content (AvgIpc) is 2.67. The zero-order valence-electron chi connectivity index (χ0n) is 14.8. The van der Waals surface area contributed by atoms with E-state index in [0.717, 1.165) is 11.1 Å². The predicted octanol–water partition coefficient (Wildman–Crippen LogP) is 2.53. The fourth-order valence-corrected chi connectivity index (χ4v) is 3.18. The van der Waals surface area contributed by atoms with E-state index in [4.69, 9.17) is 10.5 Å². The summed E-state index contributed by atoms with van der Waals surface area (Å²) < 4.78 is 19.5. The third-order valence-corrected chi connectivity index (χ3v) is 4.51. The van der Waals surface area contributed by atoms with Crippen molar-refractivity contribution < 1.29 is 18.7 Å². The van der Waals surface area contributed by atoms with Gasteiger partial charge in [0, 0.05) is 26.1 Å². The molecule has 0 aliphatic carbocycles. The molecule has 2 atom stereocenters. The Bertz CT molecular complexity index is 783. The number of halogens is 1. The molecular weight excluding hydrogens is 349 g/mol. The highest BCUT2D eigenvalue weighted by Crippen LogP contribution is 2.33. The fourth-order valence-electron chi connectivity index (χ4n) is 3.18. The molecular formula is C20H22FN3O3. The van der Waals surface area contributed by atoms with Crippen molar-refractivity contribution in [3.63, 3.8) is 0 Å². The summed E-state index contributed by atoms with van der Waals surface area (Å²) in [5, 5.41) is 2.07. The number of nitrogens with zero attached hydrogens (tertiary/aromatic N) is 1. The Morgan fingerprint density at radius 2 is 1.63 bits per heavy atom. The Morgan fingerprint density at radius 1 is 1.04 bits per heavy atom. The van der Waals surface area contributed by atoms with Crippen molar-refractivity contribution in [2.24, 2.45) is 5.73 Å². The fraction of sp³-hybridized carbons (Fsp3) is 0.300. The molecule has 1 aliphatic rings. The number of hydrogen-bond donors (Lipinski definition) is 2. The maximum absolute atomic E-state index is 13.3. The van der Waals surface area contributed by atoms with Crippen LogP contribution >= 0.6 is 0 Å². The summed E-state index contributed by atoms with van der Waals surface area (Å²) in [6.07, 6.45) is -0.265. The Balaban J connectivity index is 1.73. The van der Waals surface area contributed by atoms with Gasteiger partial charge in [-0.05, 0) is 23.3 Å². The minimum Gasteiger partial charge on any atom is -0.363 e. The van der Waals surface area contributed by atoms with Crippen LogP contribution in [0.4, 0.5) is 9.18 Å². The zero-order chi connectivity index (χ0) is 19.2. The molecule has 1 fully saturated rings. The van der Waals surface area contributed by atoms with Crippen LogP contribution in [0.3, 0.4) is 0 Å². The number of benzene rings is 2. The van der Waals surface area contributed by atoms with Crippen LogP contribution in [0.25, 0.3) is 0 Å². The standard InChI is InChI=1S/C20H22FN3O3/c21-16-8-6-15(7-9-16)18-13-24(11-10-19(25)23-20(22)26)12-17(27-18)14-4-2-1-3-5-14/h1-9,17-18H,10-13H2,(H3,22,23,25,26)/t17-,18-/m1/s1. The van der Waals surface area contributed by atoms with Crippen LogP contribution < -0.4 is 11.1 Å². The highest BCUT2D eigenvalue weighted by Gasteiger charge is 2.30. The number of nitrogens with two attached hydrogens (primary N) is 1. The molecule has 142 valence electrons. The van der Waals surface area contributed by atoms with Crippen molar-refractivity contribution in [2.45, 2.75) is 18.6 Å². The van der Waals surface area contributed by atoms with Crippen LogP contribution in [0.2, 0.25) is 0 Å². The number of imide groups is 1. The number of ether oxygens (including phenoxy) is 1. The van der Waals surface area contributed by atoms with Gasteiger partial charge < -0.3 is 10.5 Å². The van der Waals surface area contributed by atoms with E-state index in [1.165, 1.54) is 12.1 Å². The molecule has 3 rings (SSSR count). The lowest BCUT2D eigenvalue weighted by Gasteiger charge is -2.38. The molecule has 1 saturated heterocycles. The van der Waals surface area contributed by atoms with Gasteiger partial charge in [0.25, 0.3) is 0 Å². The molecule has 0 bridgehead atoms. The summed E-state index contributed by atoms with van der Waals surface area (Å²) in [6.45, 7) is 1.65. The average molecular weight is 371 g/mol. The Morgan fingerprint density at radius 3 is 2.22 bits per heavy atom. The predicted molar refractivity (Wildman–Crippen MR) is 98.2 cm³/mol. The van der Waals surface area contributed by atoms with E-state index in [-0.39, 0.29) is 24.4 Å². The van der Waals surface area contributed by atoms with E-state index in [9.17, 15) is 14.0 Å². The number of nitrogens with one attached hydrogen (secondary N) is 1. The lowest BCUT2D eigenvalue weighted by molar-refractivity contribution is -0.122. The second-order valence-corrected chi connectivity index (χ2v) is 6.50. The Labute approximate surface area is 157 Å². The first kappa shape index (κ1) is 19.0. The molecule has 7 heteroatoms. The van der Waals surface area contributed by atoms with Gasteiger partial charge in [0.2, 0.25) is 5.91 Å². The molecule has 2 aromatic rings. The Kier molecular flexibility index (Phi) is 6.16. The molecule has 27 heavy (non-hydrogen) atoms. The summed E-state index contributed by atoms with van der Waals surface area (Å²) in [5.41, 5.74) is 6.89. The van der Waals surface area contributed by atoms with Crippen LogP contribution in [0.5, 0.6) is 0 Å². The second kappa shape index (κ2) is 8.75. The first-order valence-electron chi connectivity index (χ1n) is 8.79. The number of hydrogen-bond acceptors (Lipinski definition) is 4. The minimum absolute atomic E-state index is 0.153. The van der Waals surface area contributed by atoms with Gasteiger partial charge in [0.05, 0.1) is 12.2 Å². The zero-order valence-corrected chi connectivity index (χ0v) is 14.8. The van der Waals surface area contributed by atoms with Gasteiger partial charge in [0.15, 0.2) is 0 Å². The molecule has 3 amide bonds. The molecule has 1 aliphatic heterocycles. The van der Waals surface area contributed by atoms with Crippen molar-refractivity contribution in [1.29, 1.82) is 0 Å². The third-order valence-electron chi connectivity index (χ3n) is 4.51. The number of urea groups is 1. The van der Waals surface area contributed by atoms with Crippen LogP contribution in [0, 0.1) is 5.82 Å². The maximum Gasteiger partial charge on any atom is 0.318 e. The van der Waals surface area contributed by atoms with Crippen LogP contribution in [-0.2, 0) is 9.53 Å². The van der Waals surface area contributed by atoms with Crippen molar-refractivity contribution >= 4 is 11.9 Å². The van der Waals surface area contributed by atoms with Gasteiger partial charge in [-0.15, -0.1) is 0 Å². The summed E-state index contributed by atoms with van der Waals surface area (Å²) >= 11 is 0. The summed E-state index contributed by atoms with van der Waals surface area (Å²) in [5.74, 6) is -0.710. The summed E-state index contributed by atoms with van der Waals surface area (Å²) in [6, 6.07) is 15.2. The molecule has 0 aromatic heterocycles. The van der Waals surface area contributed by atoms with Gasteiger partial charge in [-0.3, -0.25) is 15.0 Å². The second-order valence-electron chi connectivity index (χ2n) is 6.50. The molecule has 1 heterocycles. The largest absolute Gasteiger partial charge is 0.363 e. The molecule has 3 N–H and O–H groups in total. The van der Waals surface area contributed by atoms with E-state index < -0.39 is 11.9 Å². The molecule has 0 unspecified atom stereocenters. The summed E-state index contributed by atoms with van der Waals surface area (Å²) in [4.78, 5) is 24.6. The van der Waals surface area contributed by atoms with Crippen molar-refractivity contribution in [2.75, 3.05) is 19.6 Å². The van der Waals surface area contributed by atoms with E-state index >= 15 is 0 Å². The van der Waals surface area contributed by atoms with Gasteiger partial charge in [0.1, 0.15) is 5.82 Å². The van der Waals surface area contributed by atoms with Gasteiger partial charge in [-0.1, -0.05) is 42.5 Å². The topological polar surface area (TPSA) is 84.7 Å². The highest BCUT2D eigenvalue weighted by atomic mass is 19.1. The van der Waals surface area contributed by atoms with Crippen molar-refractivity contribution in [1.82, 2.24) is 10.2 Å². The quantitative estimate of drug-likeness (QED) is 0.846. The molecule has 0 saturated carbocycles. The molecule has 0 radical (unpaired) electrons. The molecule has 2 aromatic carbocycles. The smallest absolute Gasteiger partial charge is 0.318 e. The normalized spacial score (nSPS) is 20.2. The van der Waals surface area contributed by atoms with Crippen molar-refractivity contribution in [3.8, 4) is 0 Å². The first-order valence-corrected chi connectivity index (χ1v) is 8.79. The number of amides is 3. The van der Waals surface area contributed by atoms with Gasteiger partial charge in [-0.2, -0.15) is 0 Å². The van der Waals surface area contributed by atoms with E-state index in [2.05, 4.69) is 10.2 Å². The maximum atomic E-state index is 13.3. The monoisotopic (exact) mass is 371 g/mol. The Hall–Kier alpha value is -2.77. The van der Waals surface area contributed by atoms with E-state index in [1.807, 2.05) is 30.3 Å². The highest BCUT2D eigenvalue weighted by molar-refractivity contribution is 5.93. The number of rotatable bonds is 5. The van der Waals surface area contributed by atoms with Crippen molar-refractivity contribution in [3.05, 3.63) is 71.5 Å². The van der Waals surface area contributed by atoms with Crippen LogP contribution in [0.15, 0.2) is 54.6 Å². The first-order chi connectivity index (χ1) is 13.0. The molecule has 0 spiro atoms. The van der Waals surface area contributed by atoms with E-state index in [1.54, 1.807) is 12.1 Å². The number of carbonyl (C=O) groups excluding carboxylic acids is 2. The third kappa shape index (κ3) is 5.35. The minimum atomic E-state index is -0.853. The lowest BCUT2D eigenvalue weighted by Crippen LogP contribution is -2.43.